The molecule has 28 heavy (non-hydrogen) atoms. The highest BCUT2D eigenvalue weighted by molar-refractivity contribution is 5.60. The van der Waals surface area contributed by atoms with Crippen molar-refractivity contribution in [3.05, 3.63) is 0 Å². The van der Waals surface area contributed by atoms with Crippen molar-refractivity contribution in [3.63, 3.8) is 0 Å². The van der Waals surface area contributed by atoms with Gasteiger partial charge in [-0.3, -0.25) is 0 Å². The topological polar surface area (TPSA) is 108 Å². The Kier molecular flexibility index (Phi) is 9.94. The number of ether oxygens (including phenoxy) is 8. The maximum atomic E-state index is 10.9. The van der Waals surface area contributed by atoms with E-state index in [2.05, 4.69) is 9.47 Å². The number of hydrogen-bond acceptors (Lipinski definition) is 10. The van der Waals surface area contributed by atoms with Crippen LogP contribution < -0.4 is 0 Å². The maximum Gasteiger partial charge on any atom is 0.508 e. The van der Waals surface area contributed by atoms with Crippen molar-refractivity contribution in [2.24, 2.45) is 0 Å². The number of hydrogen-bond donors (Lipinski definition) is 0. The summed E-state index contributed by atoms with van der Waals surface area (Å²) in [5, 5.41) is 0. The molecule has 0 saturated carbocycles. The van der Waals surface area contributed by atoms with Crippen LogP contribution in [0.15, 0.2) is 0 Å². The third-order valence-corrected chi connectivity index (χ3v) is 3.48. The molecule has 10 heteroatoms. The summed E-state index contributed by atoms with van der Waals surface area (Å²) in [4.78, 5) is 21.7. The standard InChI is InChI=1S/2C9H16O5/c1-4-11-8(10)14-7-5-12-9(2,3)13-6-7;1-4-11-8(10)12-5-7-6-13-9(2,3)14-7/h2*7H,4-6H2,1-3H3. The van der Waals surface area contributed by atoms with E-state index in [1.807, 2.05) is 27.7 Å². The first-order valence-electron chi connectivity index (χ1n) is 9.29. The van der Waals surface area contributed by atoms with Crippen LogP contribution in [0.25, 0.3) is 0 Å². The summed E-state index contributed by atoms with van der Waals surface area (Å²) in [6, 6.07) is 0. The summed E-state index contributed by atoms with van der Waals surface area (Å²) in [5.74, 6) is -1.17. The molecule has 0 aliphatic carbocycles. The van der Waals surface area contributed by atoms with Crippen LogP contribution in [0.5, 0.6) is 0 Å². The molecule has 0 radical (unpaired) electrons. The zero-order valence-corrected chi connectivity index (χ0v) is 17.5. The van der Waals surface area contributed by atoms with E-state index in [4.69, 9.17) is 28.4 Å². The molecule has 2 saturated heterocycles. The minimum atomic E-state index is -0.676. The molecule has 0 spiro atoms. The van der Waals surface area contributed by atoms with Crippen LogP contribution in [0.3, 0.4) is 0 Å². The summed E-state index contributed by atoms with van der Waals surface area (Å²) in [5.41, 5.74) is 0. The zero-order valence-electron chi connectivity index (χ0n) is 17.5. The van der Waals surface area contributed by atoms with Crippen molar-refractivity contribution in [2.45, 2.75) is 65.3 Å². The molecule has 0 aromatic heterocycles. The molecule has 2 heterocycles. The second-order valence-electron chi connectivity index (χ2n) is 6.89. The van der Waals surface area contributed by atoms with Crippen LogP contribution in [0.2, 0.25) is 0 Å². The molecule has 164 valence electrons. The number of carbonyl (C=O) groups excluding carboxylic acids is 2. The van der Waals surface area contributed by atoms with Crippen molar-refractivity contribution >= 4 is 12.3 Å². The molecule has 0 amide bonds. The molecule has 0 N–H and O–H groups in total. The average Bonchev–Trinajstić information content (AvgIpc) is 2.95. The van der Waals surface area contributed by atoms with Crippen LogP contribution in [0.1, 0.15) is 41.5 Å². The summed E-state index contributed by atoms with van der Waals surface area (Å²) >= 11 is 0. The first-order valence-corrected chi connectivity index (χ1v) is 9.29. The van der Waals surface area contributed by atoms with E-state index in [9.17, 15) is 9.59 Å². The van der Waals surface area contributed by atoms with E-state index in [1.54, 1.807) is 13.8 Å². The quantitative estimate of drug-likeness (QED) is 0.630. The van der Waals surface area contributed by atoms with Gasteiger partial charge in [-0.15, -0.1) is 0 Å². The third kappa shape index (κ3) is 10.1. The SMILES string of the molecule is CCOC(=O)OC1COC(C)(C)OC1.CCOC(=O)OCC1COC(C)(C)O1. The first-order chi connectivity index (χ1) is 13.1. The average molecular weight is 408 g/mol. The summed E-state index contributed by atoms with van der Waals surface area (Å²) in [6.45, 7) is 12.6. The van der Waals surface area contributed by atoms with Gasteiger partial charge >= 0.3 is 12.3 Å². The van der Waals surface area contributed by atoms with Crippen molar-refractivity contribution < 1.29 is 47.5 Å². The Morgan fingerprint density at radius 3 is 1.86 bits per heavy atom. The Labute approximate surface area is 165 Å². The van der Waals surface area contributed by atoms with Gasteiger partial charge in [0.05, 0.1) is 33.0 Å². The van der Waals surface area contributed by atoms with Crippen LogP contribution >= 0.6 is 0 Å². The van der Waals surface area contributed by atoms with E-state index < -0.39 is 23.9 Å². The number of carbonyl (C=O) groups is 2. The fraction of sp³-hybridized carbons (Fsp3) is 0.889. The van der Waals surface area contributed by atoms with Gasteiger partial charge in [-0.1, -0.05) is 0 Å². The molecule has 2 aliphatic heterocycles. The minimum Gasteiger partial charge on any atom is -0.435 e. The fourth-order valence-corrected chi connectivity index (χ4v) is 2.20. The van der Waals surface area contributed by atoms with Gasteiger partial charge in [0.25, 0.3) is 0 Å². The van der Waals surface area contributed by atoms with E-state index in [0.717, 1.165) is 0 Å². The molecular formula is C18H32O10. The molecule has 1 unspecified atom stereocenters. The van der Waals surface area contributed by atoms with Gasteiger partial charge in [-0.05, 0) is 41.5 Å². The number of rotatable bonds is 5. The van der Waals surface area contributed by atoms with Gasteiger partial charge < -0.3 is 37.9 Å². The molecule has 0 aromatic carbocycles. The summed E-state index contributed by atoms with van der Waals surface area (Å²) in [6.07, 6.45) is -1.92. The van der Waals surface area contributed by atoms with Gasteiger partial charge in [0.2, 0.25) is 0 Å². The Balaban J connectivity index is 0.000000280. The smallest absolute Gasteiger partial charge is 0.435 e. The fourth-order valence-electron chi connectivity index (χ4n) is 2.20. The van der Waals surface area contributed by atoms with Crippen LogP contribution in [-0.4, -0.2) is 75.7 Å². The Morgan fingerprint density at radius 2 is 1.36 bits per heavy atom. The molecule has 0 bridgehead atoms. The second-order valence-corrected chi connectivity index (χ2v) is 6.89. The second kappa shape index (κ2) is 11.4. The minimum absolute atomic E-state index is 0.169. The van der Waals surface area contributed by atoms with Crippen molar-refractivity contribution in [2.75, 3.05) is 39.6 Å². The Morgan fingerprint density at radius 1 is 0.821 bits per heavy atom. The van der Waals surface area contributed by atoms with Crippen molar-refractivity contribution in [1.29, 1.82) is 0 Å². The van der Waals surface area contributed by atoms with E-state index in [1.165, 1.54) is 0 Å². The monoisotopic (exact) mass is 408 g/mol. The highest BCUT2D eigenvalue weighted by atomic mass is 16.8. The molecule has 2 fully saturated rings. The Hall–Kier alpha value is -1.62. The lowest BCUT2D eigenvalue weighted by Gasteiger charge is -2.34. The van der Waals surface area contributed by atoms with E-state index >= 15 is 0 Å². The molecule has 2 aliphatic rings. The summed E-state index contributed by atoms with van der Waals surface area (Å²) in [7, 11) is 0. The molecular weight excluding hydrogens is 376 g/mol. The van der Waals surface area contributed by atoms with Gasteiger partial charge in [0, 0.05) is 0 Å². The lowest BCUT2D eigenvalue weighted by atomic mass is 10.3. The predicted molar refractivity (Wildman–Crippen MR) is 95.8 cm³/mol. The highest BCUT2D eigenvalue weighted by Gasteiger charge is 2.33. The molecule has 10 nitrogen and oxygen atoms in total. The van der Waals surface area contributed by atoms with Gasteiger partial charge in [0.1, 0.15) is 12.7 Å². The summed E-state index contributed by atoms with van der Waals surface area (Å²) < 4.78 is 40.2. The van der Waals surface area contributed by atoms with E-state index in [0.29, 0.717) is 33.0 Å². The van der Waals surface area contributed by atoms with Crippen LogP contribution in [-0.2, 0) is 37.9 Å². The largest absolute Gasteiger partial charge is 0.508 e. The van der Waals surface area contributed by atoms with Crippen molar-refractivity contribution in [3.8, 4) is 0 Å². The maximum absolute atomic E-state index is 10.9. The molecule has 0 aromatic rings. The molecule has 1 atom stereocenters. The van der Waals surface area contributed by atoms with Gasteiger partial charge in [-0.25, -0.2) is 9.59 Å². The van der Waals surface area contributed by atoms with Crippen molar-refractivity contribution in [1.82, 2.24) is 0 Å². The predicted octanol–water partition coefficient (Wildman–Crippen LogP) is 2.62. The normalized spacial score (nSPS) is 23.1. The molecule has 2 rings (SSSR count). The zero-order chi connectivity index (χ0) is 21.2. The lowest BCUT2D eigenvalue weighted by molar-refractivity contribution is -0.273. The van der Waals surface area contributed by atoms with Gasteiger partial charge in [-0.2, -0.15) is 0 Å². The lowest BCUT2D eigenvalue weighted by Crippen LogP contribution is -2.43. The van der Waals surface area contributed by atoms with Crippen LogP contribution in [0, 0.1) is 0 Å². The Bertz CT molecular complexity index is 479. The first kappa shape index (κ1) is 24.4. The van der Waals surface area contributed by atoms with Crippen LogP contribution in [0.4, 0.5) is 9.59 Å². The van der Waals surface area contributed by atoms with E-state index in [-0.39, 0.29) is 18.8 Å². The van der Waals surface area contributed by atoms with Gasteiger partial charge in [0.15, 0.2) is 17.7 Å². The third-order valence-electron chi connectivity index (χ3n) is 3.48. The highest BCUT2D eigenvalue weighted by Crippen LogP contribution is 2.22.